The lowest BCUT2D eigenvalue weighted by Gasteiger charge is -2.25. The predicted octanol–water partition coefficient (Wildman–Crippen LogP) is 4.77. The fourth-order valence-corrected chi connectivity index (χ4v) is 3.86. The van der Waals surface area contributed by atoms with Gasteiger partial charge in [0.2, 0.25) is 11.8 Å². The average Bonchev–Trinajstić information content (AvgIpc) is 3.34. The molecule has 1 amide bonds. The molecule has 1 atom stereocenters. The van der Waals surface area contributed by atoms with Crippen molar-refractivity contribution < 1.29 is 9.21 Å². The van der Waals surface area contributed by atoms with E-state index in [1.54, 1.807) is 6.26 Å². The molecule has 5 heteroatoms. The SMILES string of the molecule is O=C(Cc1coc(-c2ccccc2)n1)N1CCCC1Cc1ccccc1Cl. The van der Waals surface area contributed by atoms with Crippen LogP contribution in [-0.4, -0.2) is 28.4 Å². The highest BCUT2D eigenvalue weighted by atomic mass is 35.5. The molecule has 1 aliphatic heterocycles. The van der Waals surface area contributed by atoms with Crippen LogP contribution in [0.2, 0.25) is 5.02 Å². The molecule has 1 aliphatic rings. The molecule has 0 N–H and O–H groups in total. The summed E-state index contributed by atoms with van der Waals surface area (Å²) < 4.78 is 5.55. The minimum Gasteiger partial charge on any atom is -0.444 e. The van der Waals surface area contributed by atoms with Crippen molar-refractivity contribution in [1.29, 1.82) is 0 Å². The lowest BCUT2D eigenvalue weighted by atomic mass is 10.0. The van der Waals surface area contributed by atoms with Crippen molar-refractivity contribution in [3.05, 3.63) is 77.1 Å². The Hall–Kier alpha value is -2.59. The van der Waals surface area contributed by atoms with E-state index in [9.17, 15) is 4.79 Å². The molecule has 0 saturated carbocycles. The number of oxazole rings is 1. The molecule has 0 aliphatic carbocycles. The van der Waals surface area contributed by atoms with E-state index in [2.05, 4.69) is 4.98 Å². The van der Waals surface area contributed by atoms with Crippen molar-refractivity contribution in [3.63, 3.8) is 0 Å². The van der Waals surface area contributed by atoms with E-state index in [0.717, 1.165) is 42.0 Å². The van der Waals surface area contributed by atoms with Crippen LogP contribution in [0.3, 0.4) is 0 Å². The highest BCUT2D eigenvalue weighted by Crippen LogP contribution is 2.26. The van der Waals surface area contributed by atoms with Crippen LogP contribution in [0.15, 0.2) is 65.3 Å². The molecule has 0 spiro atoms. The second-order valence-electron chi connectivity index (χ2n) is 6.87. The first kappa shape index (κ1) is 17.8. The topological polar surface area (TPSA) is 46.3 Å². The number of likely N-dealkylation sites (tertiary alicyclic amines) is 1. The summed E-state index contributed by atoms with van der Waals surface area (Å²) in [5.41, 5.74) is 2.67. The molecule has 138 valence electrons. The standard InChI is InChI=1S/C22H21ClN2O2/c23-20-11-5-4-9-17(20)13-19-10-6-12-25(19)21(26)14-18-15-27-22(24-18)16-7-2-1-3-8-16/h1-5,7-9,11,15,19H,6,10,12-14H2. The van der Waals surface area contributed by atoms with Crippen LogP contribution in [0.1, 0.15) is 24.1 Å². The maximum Gasteiger partial charge on any atom is 0.228 e. The van der Waals surface area contributed by atoms with Gasteiger partial charge < -0.3 is 9.32 Å². The number of benzene rings is 2. The Balaban J connectivity index is 1.43. The molecule has 0 radical (unpaired) electrons. The van der Waals surface area contributed by atoms with E-state index >= 15 is 0 Å². The summed E-state index contributed by atoms with van der Waals surface area (Å²) in [4.78, 5) is 19.3. The molecule has 0 bridgehead atoms. The molecule has 2 aromatic carbocycles. The lowest BCUT2D eigenvalue weighted by molar-refractivity contribution is -0.131. The third-order valence-electron chi connectivity index (χ3n) is 5.02. The Morgan fingerprint density at radius 1 is 1.15 bits per heavy atom. The number of carbonyl (C=O) groups excluding carboxylic acids is 1. The first-order valence-electron chi connectivity index (χ1n) is 9.23. The minimum atomic E-state index is 0.0949. The van der Waals surface area contributed by atoms with Gasteiger partial charge in [-0.3, -0.25) is 4.79 Å². The number of halogens is 1. The van der Waals surface area contributed by atoms with Crippen LogP contribution in [0.25, 0.3) is 11.5 Å². The maximum absolute atomic E-state index is 12.9. The van der Waals surface area contributed by atoms with Crippen LogP contribution in [0.4, 0.5) is 0 Å². The smallest absolute Gasteiger partial charge is 0.228 e. The zero-order chi connectivity index (χ0) is 18.6. The first-order valence-corrected chi connectivity index (χ1v) is 9.61. The zero-order valence-electron chi connectivity index (χ0n) is 15.0. The second-order valence-corrected chi connectivity index (χ2v) is 7.27. The number of amides is 1. The summed E-state index contributed by atoms with van der Waals surface area (Å²) in [6.45, 7) is 0.789. The number of hydrogen-bond acceptors (Lipinski definition) is 3. The Morgan fingerprint density at radius 2 is 1.93 bits per heavy atom. The third kappa shape index (κ3) is 4.06. The van der Waals surface area contributed by atoms with Crippen molar-refractivity contribution in [2.45, 2.75) is 31.7 Å². The number of nitrogens with zero attached hydrogens (tertiary/aromatic N) is 2. The molecule has 4 rings (SSSR count). The van der Waals surface area contributed by atoms with Gasteiger partial charge in [-0.25, -0.2) is 4.98 Å². The molecule has 1 aromatic heterocycles. The summed E-state index contributed by atoms with van der Waals surface area (Å²) >= 11 is 6.29. The molecule has 2 heterocycles. The monoisotopic (exact) mass is 380 g/mol. The van der Waals surface area contributed by atoms with E-state index in [4.69, 9.17) is 16.0 Å². The van der Waals surface area contributed by atoms with Gasteiger partial charge in [0.15, 0.2) is 0 Å². The number of hydrogen-bond donors (Lipinski definition) is 0. The molecule has 1 fully saturated rings. The van der Waals surface area contributed by atoms with Gasteiger partial charge in [0.05, 0.1) is 12.1 Å². The van der Waals surface area contributed by atoms with Gasteiger partial charge in [0.1, 0.15) is 6.26 Å². The summed E-state index contributed by atoms with van der Waals surface area (Å²) in [5.74, 6) is 0.643. The molecule has 1 saturated heterocycles. The summed E-state index contributed by atoms with van der Waals surface area (Å²) in [7, 11) is 0. The summed E-state index contributed by atoms with van der Waals surface area (Å²) in [6, 6.07) is 17.8. The number of rotatable bonds is 5. The molecule has 3 aromatic rings. The highest BCUT2D eigenvalue weighted by molar-refractivity contribution is 6.31. The van der Waals surface area contributed by atoms with Gasteiger partial charge in [-0.1, -0.05) is 48.0 Å². The van der Waals surface area contributed by atoms with Gasteiger partial charge >= 0.3 is 0 Å². The molecule has 4 nitrogen and oxygen atoms in total. The van der Waals surface area contributed by atoms with E-state index < -0.39 is 0 Å². The quantitative estimate of drug-likeness (QED) is 0.640. The average molecular weight is 381 g/mol. The van der Waals surface area contributed by atoms with Crippen LogP contribution < -0.4 is 0 Å². The highest BCUT2D eigenvalue weighted by Gasteiger charge is 2.29. The van der Waals surface area contributed by atoms with Gasteiger partial charge in [-0.15, -0.1) is 0 Å². The Labute approximate surface area is 163 Å². The van der Waals surface area contributed by atoms with Gasteiger partial charge in [-0.2, -0.15) is 0 Å². The fraction of sp³-hybridized carbons (Fsp3) is 0.273. The van der Waals surface area contributed by atoms with E-state index in [1.807, 2.05) is 59.5 Å². The van der Waals surface area contributed by atoms with E-state index in [-0.39, 0.29) is 18.4 Å². The van der Waals surface area contributed by atoms with Crippen LogP contribution in [0.5, 0.6) is 0 Å². The second kappa shape index (κ2) is 7.97. The number of carbonyl (C=O) groups is 1. The molecule has 1 unspecified atom stereocenters. The third-order valence-corrected chi connectivity index (χ3v) is 5.38. The van der Waals surface area contributed by atoms with Gasteiger partial charge in [0.25, 0.3) is 0 Å². The lowest BCUT2D eigenvalue weighted by Crippen LogP contribution is -2.37. The van der Waals surface area contributed by atoms with Crippen molar-refractivity contribution in [1.82, 2.24) is 9.88 Å². The van der Waals surface area contributed by atoms with Gasteiger partial charge in [0, 0.05) is 23.2 Å². The maximum atomic E-state index is 12.9. The first-order chi connectivity index (χ1) is 13.2. The molecular weight excluding hydrogens is 360 g/mol. The zero-order valence-corrected chi connectivity index (χ0v) is 15.7. The van der Waals surface area contributed by atoms with Crippen LogP contribution >= 0.6 is 11.6 Å². The normalized spacial score (nSPS) is 16.6. The minimum absolute atomic E-state index is 0.0949. The van der Waals surface area contributed by atoms with Crippen LogP contribution in [-0.2, 0) is 17.6 Å². The molecular formula is C22H21ClN2O2. The van der Waals surface area contributed by atoms with Gasteiger partial charge in [-0.05, 0) is 43.0 Å². The van der Waals surface area contributed by atoms with Crippen LogP contribution in [0, 0.1) is 0 Å². The number of aromatic nitrogens is 1. The predicted molar refractivity (Wildman–Crippen MR) is 106 cm³/mol. The Bertz CT molecular complexity index is 923. The van der Waals surface area contributed by atoms with E-state index in [0.29, 0.717) is 11.6 Å². The van der Waals surface area contributed by atoms with Crippen molar-refractivity contribution in [3.8, 4) is 11.5 Å². The fourth-order valence-electron chi connectivity index (χ4n) is 3.65. The summed E-state index contributed by atoms with van der Waals surface area (Å²) in [5, 5.41) is 0.765. The van der Waals surface area contributed by atoms with Crippen molar-refractivity contribution in [2.75, 3.05) is 6.54 Å². The Morgan fingerprint density at radius 3 is 2.74 bits per heavy atom. The summed E-state index contributed by atoms with van der Waals surface area (Å²) in [6.07, 6.45) is 4.66. The molecule has 27 heavy (non-hydrogen) atoms. The van der Waals surface area contributed by atoms with Crippen molar-refractivity contribution in [2.24, 2.45) is 0 Å². The van der Waals surface area contributed by atoms with Crippen molar-refractivity contribution >= 4 is 17.5 Å². The Kier molecular flexibility index (Phi) is 5.26. The largest absolute Gasteiger partial charge is 0.444 e. The van der Waals surface area contributed by atoms with E-state index in [1.165, 1.54) is 0 Å².